The highest BCUT2D eigenvalue weighted by molar-refractivity contribution is 5.37. The molecule has 2 fully saturated rings. The van der Waals surface area contributed by atoms with Gasteiger partial charge in [0.1, 0.15) is 5.82 Å². The summed E-state index contributed by atoms with van der Waals surface area (Å²) in [6, 6.07) is 0.638. The molecular weight excluding hydrogens is 274 g/mol. The largest absolute Gasteiger partial charge is 0.353 e. The van der Waals surface area contributed by atoms with Crippen molar-refractivity contribution in [1.29, 1.82) is 0 Å². The van der Waals surface area contributed by atoms with Gasteiger partial charge in [-0.05, 0) is 39.8 Å². The molecule has 0 saturated carbocycles. The third kappa shape index (κ3) is 3.96. The molecule has 5 heteroatoms. The van der Waals surface area contributed by atoms with E-state index in [-0.39, 0.29) is 0 Å². The Balaban J connectivity index is 1.59. The van der Waals surface area contributed by atoms with Crippen molar-refractivity contribution in [2.45, 2.75) is 45.7 Å². The van der Waals surface area contributed by atoms with Gasteiger partial charge in [0, 0.05) is 45.0 Å². The first-order valence-corrected chi connectivity index (χ1v) is 8.74. The van der Waals surface area contributed by atoms with Gasteiger partial charge in [0.2, 0.25) is 0 Å². The third-order valence-electron chi connectivity index (χ3n) is 4.87. The Morgan fingerprint density at radius 1 is 0.955 bits per heavy atom. The lowest BCUT2D eigenvalue weighted by atomic mass is 10.1. The molecule has 0 aromatic carbocycles. The lowest BCUT2D eigenvalue weighted by Gasteiger charge is -2.37. The van der Waals surface area contributed by atoms with Gasteiger partial charge < -0.3 is 4.90 Å². The first-order valence-electron chi connectivity index (χ1n) is 8.74. The van der Waals surface area contributed by atoms with E-state index in [1.807, 2.05) is 12.4 Å². The summed E-state index contributed by atoms with van der Waals surface area (Å²) < 4.78 is 0. The minimum atomic E-state index is 0.638. The third-order valence-corrected chi connectivity index (χ3v) is 4.87. The molecule has 2 aliphatic heterocycles. The molecule has 0 radical (unpaired) electrons. The molecule has 0 atom stereocenters. The fourth-order valence-corrected chi connectivity index (χ4v) is 3.44. The van der Waals surface area contributed by atoms with E-state index in [0.29, 0.717) is 6.04 Å². The average molecular weight is 303 g/mol. The van der Waals surface area contributed by atoms with Crippen LogP contribution in [-0.4, -0.2) is 65.1 Å². The molecule has 2 saturated heterocycles. The number of rotatable bonds is 4. The number of nitrogens with zero attached hydrogens (tertiary/aromatic N) is 5. The zero-order chi connectivity index (χ0) is 15.4. The maximum atomic E-state index is 4.86. The van der Waals surface area contributed by atoms with Crippen LogP contribution in [-0.2, 0) is 6.54 Å². The molecule has 3 rings (SSSR count). The monoisotopic (exact) mass is 303 g/mol. The number of piperazine rings is 1. The Morgan fingerprint density at radius 2 is 1.68 bits per heavy atom. The summed E-state index contributed by atoms with van der Waals surface area (Å²) in [4.78, 5) is 16.7. The molecule has 5 nitrogen and oxygen atoms in total. The molecule has 122 valence electrons. The Hall–Kier alpha value is -1.20. The van der Waals surface area contributed by atoms with Crippen LogP contribution in [0.15, 0.2) is 12.4 Å². The van der Waals surface area contributed by atoms with Gasteiger partial charge in [-0.15, -0.1) is 0 Å². The lowest BCUT2D eigenvalue weighted by Crippen LogP contribution is -2.49. The lowest BCUT2D eigenvalue weighted by molar-refractivity contribution is 0.208. The topological polar surface area (TPSA) is 35.5 Å². The van der Waals surface area contributed by atoms with Crippen LogP contribution in [0, 0.1) is 0 Å². The van der Waals surface area contributed by atoms with Gasteiger partial charge >= 0.3 is 0 Å². The number of hydrogen-bond acceptors (Lipinski definition) is 5. The SMILES string of the molecule is CC(C)N1CCN(c2cncc(CN3CCCCC3)n2)CC1. The van der Waals surface area contributed by atoms with Crippen molar-refractivity contribution in [3.8, 4) is 0 Å². The van der Waals surface area contributed by atoms with Crippen molar-refractivity contribution < 1.29 is 0 Å². The van der Waals surface area contributed by atoms with Gasteiger partial charge in [-0.2, -0.15) is 0 Å². The minimum absolute atomic E-state index is 0.638. The normalized spacial score (nSPS) is 21.5. The van der Waals surface area contributed by atoms with Crippen molar-refractivity contribution in [1.82, 2.24) is 19.8 Å². The van der Waals surface area contributed by atoms with Crippen LogP contribution in [0.25, 0.3) is 0 Å². The molecule has 3 heterocycles. The van der Waals surface area contributed by atoms with Gasteiger partial charge in [-0.1, -0.05) is 6.42 Å². The average Bonchev–Trinajstić information content (AvgIpc) is 2.56. The molecule has 0 spiro atoms. The van der Waals surface area contributed by atoms with E-state index < -0.39 is 0 Å². The van der Waals surface area contributed by atoms with E-state index in [1.54, 1.807) is 0 Å². The van der Waals surface area contributed by atoms with E-state index >= 15 is 0 Å². The van der Waals surface area contributed by atoms with Crippen LogP contribution >= 0.6 is 0 Å². The zero-order valence-electron chi connectivity index (χ0n) is 14.0. The standard InChI is InChI=1S/C17H29N5/c1-15(2)21-8-10-22(11-9-21)17-13-18-12-16(19-17)14-20-6-4-3-5-7-20/h12-13,15H,3-11,14H2,1-2H3. The second-order valence-electron chi connectivity index (χ2n) is 6.82. The van der Waals surface area contributed by atoms with Gasteiger partial charge in [0.15, 0.2) is 0 Å². The quantitative estimate of drug-likeness (QED) is 0.850. The molecule has 0 N–H and O–H groups in total. The molecule has 1 aromatic heterocycles. The van der Waals surface area contributed by atoms with Crippen LogP contribution in [0.5, 0.6) is 0 Å². The predicted molar refractivity (Wildman–Crippen MR) is 90.1 cm³/mol. The second kappa shape index (κ2) is 7.38. The van der Waals surface area contributed by atoms with E-state index in [1.165, 1.54) is 32.4 Å². The summed E-state index contributed by atoms with van der Waals surface area (Å²) >= 11 is 0. The van der Waals surface area contributed by atoms with Gasteiger partial charge in [-0.3, -0.25) is 14.8 Å². The molecule has 22 heavy (non-hydrogen) atoms. The van der Waals surface area contributed by atoms with E-state index in [9.17, 15) is 0 Å². The number of anilines is 1. The summed E-state index contributed by atoms with van der Waals surface area (Å²) in [5.41, 5.74) is 1.12. The molecule has 0 unspecified atom stereocenters. The molecule has 0 bridgehead atoms. The van der Waals surface area contributed by atoms with E-state index in [0.717, 1.165) is 44.2 Å². The van der Waals surface area contributed by atoms with E-state index in [4.69, 9.17) is 4.98 Å². The highest BCUT2D eigenvalue weighted by Gasteiger charge is 2.20. The molecular formula is C17H29N5. The van der Waals surface area contributed by atoms with Crippen LogP contribution < -0.4 is 4.90 Å². The number of piperidine rings is 1. The molecule has 2 aliphatic rings. The van der Waals surface area contributed by atoms with Crippen LogP contribution in [0.2, 0.25) is 0 Å². The second-order valence-corrected chi connectivity index (χ2v) is 6.82. The smallest absolute Gasteiger partial charge is 0.147 e. The van der Waals surface area contributed by atoms with Crippen molar-refractivity contribution in [2.24, 2.45) is 0 Å². The highest BCUT2D eigenvalue weighted by Crippen LogP contribution is 2.16. The summed E-state index contributed by atoms with van der Waals surface area (Å²) in [6.07, 6.45) is 7.88. The fourth-order valence-electron chi connectivity index (χ4n) is 3.44. The summed E-state index contributed by atoms with van der Waals surface area (Å²) in [6.45, 7) is 12.3. The Bertz CT molecular complexity index is 462. The van der Waals surface area contributed by atoms with E-state index in [2.05, 4.69) is 33.5 Å². The first-order chi connectivity index (χ1) is 10.7. The Labute approximate surface area is 134 Å². The summed E-state index contributed by atoms with van der Waals surface area (Å²) in [5.74, 6) is 1.05. The predicted octanol–water partition coefficient (Wildman–Crippen LogP) is 1.99. The molecule has 1 aromatic rings. The van der Waals surface area contributed by atoms with Crippen LogP contribution in [0.3, 0.4) is 0 Å². The van der Waals surface area contributed by atoms with Crippen LogP contribution in [0.4, 0.5) is 5.82 Å². The maximum Gasteiger partial charge on any atom is 0.147 e. The highest BCUT2D eigenvalue weighted by atomic mass is 15.3. The first kappa shape index (κ1) is 15.7. The number of likely N-dealkylation sites (tertiary alicyclic amines) is 1. The summed E-state index contributed by atoms with van der Waals surface area (Å²) in [5, 5.41) is 0. The molecule has 0 aliphatic carbocycles. The van der Waals surface area contributed by atoms with Crippen molar-refractivity contribution in [3.05, 3.63) is 18.1 Å². The number of hydrogen-bond donors (Lipinski definition) is 0. The maximum absolute atomic E-state index is 4.86. The Morgan fingerprint density at radius 3 is 2.36 bits per heavy atom. The van der Waals surface area contributed by atoms with Crippen molar-refractivity contribution >= 4 is 5.82 Å². The van der Waals surface area contributed by atoms with Crippen molar-refractivity contribution in [3.63, 3.8) is 0 Å². The van der Waals surface area contributed by atoms with Gasteiger partial charge in [0.25, 0.3) is 0 Å². The van der Waals surface area contributed by atoms with Crippen LogP contribution in [0.1, 0.15) is 38.8 Å². The van der Waals surface area contributed by atoms with Gasteiger partial charge in [-0.25, -0.2) is 4.98 Å². The van der Waals surface area contributed by atoms with Gasteiger partial charge in [0.05, 0.1) is 11.9 Å². The zero-order valence-corrected chi connectivity index (χ0v) is 14.0. The Kier molecular flexibility index (Phi) is 5.26. The fraction of sp³-hybridized carbons (Fsp3) is 0.765. The molecule has 0 amide bonds. The summed E-state index contributed by atoms with van der Waals surface area (Å²) in [7, 11) is 0. The minimum Gasteiger partial charge on any atom is -0.353 e. The number of aromatic nitrogens is 2. The van der Waals surface area contributed by atoms with Crippen molar-refractivity contribution in [2.75, 3.05) is 44.2 Å².